The van der Waals surface area contributed by atoms with E-state index in [0.717, 1.165) is 0 Å². The molecule has 1 heterocycles. The van der Waals surface area contributed by atoms with Gasteiger partial charge < -0.3 is 10.5 Å². The fraction of sp³-hybridized carbons (Fsp3) is 0.583. The van der Waals surface area contributed by atoms with E-state index in [-0.39, 0.29) is 11.4 Å². The van der Waals surface area contributed by atoms with E-state index in [2.05, 4.69) is 9.97 Å². The average molecular weight is 237 g/mol. The number of rotatable bonds is 2. The molecule has 0 amide bonds. The maximum Gasteiger partial charge on any atom is 0.341 e. The predicted molar refractivity (Wildman–Crippen MR) is 65.8 cm³/mol. The molecule has 1 aromatic rings. The van der Waals surface area contributed by atoms with E-state index >= 15 is 0 Å². The molecule has 1 aromatic heterocycles. The van der Waals surface area contributed by atoms with E-state index < -0.39 is 5.97 Å². The van der Waals surface area contributed by atoms with E-state index in [1.807, 2.05) is 20.8 Å². The smallest absolute Gasteiger partial charge is 0.341 e. The van der Waals surface area contributed by atoms with Crippen LogP contribution in [0.1, 0.15) is 49.4 Å². The molecule has 0 aliphatic rings. The summed E-state index contributed by atoms with van der Waals surface area (Å²) < 4.78 is 5.02. The minimum absolute atomic E-state index is 0.181. The van der Waals surface area contributed by atoms with Crippen molar-refractivity contribution < 1.29 is 9.53 Å². The molecule has 0 saturated carbocycles. The zero-order chi connectivity index (χ0) is 13.2. The van der Waals surface area contributed by atoms with Crippen molar-refractivity contribution in [2.45, 2.75) is 40.0 Å². The molecule has 0 radical (unpaired) electrons. The molecule has 2 N–H and O–H groups in total. The molecular weight excluding hydrogens is 218 g/mol. The molecule has 0 bridgehead atoms. The van der Waals surface area contributed by atoms with E-state index in [4.69, 9.17) is 10.5 Å². The van der Waals surface area contributed by atoms with Crippen LogP contribution in [0, 0.1) is 6.92 Å². The zero-order valence-electron chi connectivity index (χ0n) is 11.0. The molecule has 0 saturated heterocycles. The Labute approximate surface area is 101 Å². The molecule has 0 atom stereocenters. The van der Waals surface area contributed by atoms with Crippen LogP contribution in [0.4, 0.5) is 5.95 Å². The van der Waals surface area contributed by atoms with Crippen molar-refractivity contribution in [3.8, 4) is 0 Å². The molecule has 94 valence electrons. The van der Waals surface area contributed by atoms with Gasteiger partial charge in [0.25, 0.3) is 0 Å². The standard InChI is InChI=1S/C12H19N3O2/c1-6-17-10(16)8-7(2)14-11(13)15-9(8)12(3,4)5/h6H2,1-5H3,(H2,13,14,15). The summed E-state index contributed by atoms with van der Waals surface area (Å²) in [5, 5.41) is 0. The fourth-order valence-corrected chi connectivity index (χ4v) is 1.58. The van der Waals surface area contributed by atoms with Gasteiger partial charge in [-0.25, -0.2) is 14.8 Å². The molecule has 17 heavy (non-hydrogen) atoms. The van der Waals surface area contributed by atoms with Crippen LogP contribution in [0.5, 0.6) is 0 Å². The lowest BCUT2D eigenvalue weighted by Crippen LogP contribution is -2.23. The van der Waals surface area contributed by atoms with Gasteiger partial charge >= 0.3 is 5.97 Å². The molecule has 1 rings (SSSR count). The minimum atomic E-state index is -0.394. The third-order valence-corrected chi connectivity index (χ3v) is 2.30. The molecule has 0 unspecified atom stereocenters. The van der Waals surface area contributed by atoms with Crippen LogP contribution >= 0.6 is 0 Å². The Bertz CT molecular complexity index is 436. The number of nitrogens with two attached hydrogens (primary N) is 1. The zero-order valence-corrected chi connectivity index (χ0v) is 11.0. The van der Waals surface area contributed by atoms with Gasteiger partial charge in [0, 0.05) is 5.41 Å². The van der Waals surface area contributed by atoms with Crippen molar-refractivity contribution in [3.05, 3.63) is 17.0 Å². The monoisotopic (exact) mass is 237 g/mol. The van der Waals surface area contributed by atoms with Gasteiger partial charge in [-0.1, -0.05) is 20.8 Å². The molecule has 5 heteroatoms. The number of carbonyl (C=O) groups is 1. The summed E-state index contributed by atoms with van der Waals surface area (Å²) in [5.74, 6) is -0.213. The van der Waals surface area contributed by atoms with Gasteiger partial charge in [-0.2, -0.15) is 0 Å². The number of ether oxygens (including phenoxy) is 1. The maximum absolute atomic E-state index is 11.9. The Balaban J connectivity index is 3.41. The Kier molecular flexibility index (Phi) is 3.70. The highest BCUT2D eigenvalue weighted by Gasteiger charge is 2.27. The number of hydrogen-bond donors (Lipinski definition) is 1. The summed E-state index contributed by atoms with van der Waals surface area (Å²) >= 11 is 0. The van der Waals surface area contributed by atoms with Gasteiger partial charge in [-0.05, 0) is 13.8 Å². The van der Waals surface area contributed by atoms with E-state index in [1.54, 1.807) is 13.8 Å². The number of nitrogen functional groups attached to an aromatic ring is 1. The van der Waals surface area contributed by atoms with Crippen molar-refractivity contribution in [1.29, 1.82) is 0 Å². The molecular formula is C12H19N3O2. The first-order valence-corrected chi connectivity index (χ1v) is 5.59. The number of carbonyl (C=O) groups excluding carboxylic acids is 1. The fourth-order valence-electron chi connectivity index (χ4n) is 1.58. The quantitative estimate of drug-likeness (QED) is 0.794. The number of nitrogens with zero attached hydrogens (tertiary/aromatic N) is 2. The maximum atomic E-state index is 11.9. The normalized spacial score (nSPS) is 11.4. The highest BCUT2D eigenvalue weighted by molar-refractivity contribution is 5.92. The summed E-state index contributed by atoms with van der Waals surface area (Å²) in [7, 11) is 0. The predicted octanol–water partition coefficient (Wildman–Crippen LogP) is 1.84. The first-order valence-electron chi connectivity index (χ1n) is 5.59. The number of hydrogen-bond acceptors (Lipinski definition) is 5. The second-order valence-electron chi connectivity index (χ2n) is 4.86. The van der Waals surface area contributed by atoms with E-state index in [0.29, 0.717) is 23.6 Å². The van der Waals surface area contributed by atoms with Crippen LogP contribution in [-0.4, -0.2) is 22.5 Å². The van der Waals surface area contributed by atoms with Gasteiger partial charge in [0.1, 0.15) is 5.56 Å². The molecule has 0 aromatic carbocycles. The van der Waals surface area contributed by atoms with Gasteiger partial charge in [0.15, 0.2) is 0 Å². The highest BCUT2D eigenvalue weighted by atomic mass is 16.5. The minimum Gasteiger partial charge on any atom is -0.462 e. The third kappa shape index (κ3) is 2.93. The Morgan fingerprint density at radius 3 is 2.41 bits per heavy atom. The number of aromatic nitrogens is 2. The average Bonchev–Trinajstić information content (AvgIpc) is 2.15. The van der Waals surface area contributed by atoms with Crippen LogP contribution < -0.4 is 5.73 Å². The number of aryl methyl sites for hydroxylation is 1. The van der Waals surface area contributed by atoms with Crippen molar-refractivity contribution in [1.82, 2.24) is 9.97 Å². The third-order valence-electron chi connectivity index (χ3n) is 2.30. The molecule has 0 aliphatic heterocycles. The highest BCUT2D eigenvalue weighted by Crippen LogP contribution is 2.26. The largest absolute Gasteiger partial charge is 0.462 e. The van der Waals surface area contributed by atoms with E-state index in [1.165, 1.54) is 0 Å². The van der Waals surface area contributed by atoms with Gasteiger partial charge in [0.05, 0.1) is 18.0 Å². The summed E-state index contributed by atoms with van der Waals surface area (Å²) in [4.78, 5) is 20.1. The lowest BCUT2D eigenvalue weighted by molar-refractivity contribution is 0.0521. The first-order chi connectivity index (χ1) is 7.77. The Morgan fingerprint density at radius 1 is 1.35 bits per heavy atom. The van der Waals surface area contributed by atoms with Crippen molar-refractivity contribution in [2.75, 3.05) is 12.3 Å². The van der Waals surface area contributed by atoms with Crippen molar-refractivity contribution in [3.63, 3.8) is 0 Å². The van der Waals surface area contributed by atoms with Crippen molar-refractivity contribution in [2.24, 2.45) is 0 Å². The molecule has 0 aliphatic carbocycles. The number of esters is 1. The summed E-state index contributed by atoms with van der Waals surface area (Å²) in [6, 6.07) is 0. The SMILES string of the molecule is CCOC(=O)c1c(C)nc(N)nc1C(C)(C)C. The summed E-state index contributed by atoms with van der Waals surface area (Å²) in [6.45, 7) is 9.73. The van der Waals surface area contributed by atoms with Gasteiger partial charge in [-0.3, -0.25) is 0 Å². The van der Waals surface area contributed by atoms with Gasteiger partial charge in [-0.15, -0.1) is 0 Å². The summed E-state index contributed by atoms with van der Waals surface area (Å²) in [6.07, 6.45) is 0. The van der Waals surface area contributed by atoms with E-state index in [9.17, 15) is 4.79 Å². The lowest BCUT2D eigenvalue weighted by atomic mass is 9.88. The Morgan fingerprint density at radius 2 is 1.94 bits per heavy atom. The summed E-state index contributed by atoms with van der Waals surface area (Å²) in [5.41, 5.74) is 6.94. The lowest BCUT2D eigenvalue weighted by Gasteiger charge is -2.21. The van der Waals surface area contributed by atoms with Crippen LogP contribution in [0.25, 0.3) is 0 Å². The van der Waals surface area contributed by atoms with Gasteiger partial charge in [0.2, 0.25) is 5.95 Å². The topological polar surface area (TPSA) is 78.1 Å². The van der Waals surface area contributed by atoms with Crippen LogP contribution in [0.15, 0.2) is 0 Å². The first kappa shape index (κ1) is 13.4. The Hall–Kier alpha value is -1.65. The molecule has 0 spiro atoms. The second-order valence-corrected chi connectivity index (χ2v) is 4.86. The van der Waals surface area contributed by atoms with Crippen molar-refractivity contribution >= 4 is 11.9 Å². The van der Waals surface area contributed by atoms with Crippen LogP contribution in [0.3, 0.4) is 0 Å². The molecule has 5 nitrogen and oxygen atoms in total. The molecule has 0 fully saturated rings. The number of anilines is 1. The van der Waals surface area contributed by atoms with Crippen LogP contribution in [-0.2, 0) is 10.2 Å². The second kappa shape index (κ2) is 4.69. The van der Waals surface area contributed by atoms with Crippen LogP contribution in [0.2, 0.25) is 0 Å².